The van der Waals surface area contributed by atoms with E-state index in [1.54, 1.807) is 24.5 Å². The number of nitrogens with zero attached hydrogens (tertiary/aromatic N) is 3. The molecule has 0 aliphatic carbocycles. The maximum Gasteiger partial charge on any atom is 0.257 e. The van der Waals surface area contributed by atoms with Crippen LogP contribution in [0.5, 0.6) is 5.75 Å². The van der Waals surface area contributed by atoms with Gasteiger partial charge in [0.05, 0.1) is 11.5 Å². The van der Waals surface area contributed by atoms with Gasteiger partial charge in [0.25, 0.3) is 5.56 Å². The van der Waals surface area contributed by atoms with Crippen molar-refractivity contribution in [2.45, 2.75) is 5.92 Å². The number of hydrogen-bond acceptors (Lipinski definition) is 8. The second-order valence-corrected chi connectivity index (χ2v) is 7.59. The summed E-state index contributed by atoms with van der Waals surface area (Å²) in [4.78, 5) is 24.4. The van der Waals surface area contributed by atoms with Gasteiger partial charge < -0.3 is 20.8 Å². The topological polar surface area (TPSA) is 130 Å². The summed E-state index contributed by atoms with van der Waals surface area (Å²) in [6.45, 7) is 0. The smallest absolute Gasteiger partial charge is 0.257 e. The molecule has 0 saturated heterocycles. The third-order valence-electron chi connectivity index (χ3n) is 4.77. The normalized spacial score (nSPS) is 15.4. The molecule has 1 aromatic carbocycles. The van der Waals surface area contributed by atoms with Crippen molar-refractivity contribution in [1.82, 2.24) is 15.0 Å². The summed E-state index contributed by atoms with van der Waals surface area (Å²) in [5, 5.41) is 13.5. The Morgan fingerprint density at radius 2 is 2.07 bits per heavy atom. The summed E-state index contributed by atoms with van der Waals surface area (Å²) in [6.07, 6.45) is 3.24. The molecule has 1 aliphatic rings. The van der Waals surface area contributed by atoms with Crippen LogP contribution in [0.15, 0.2) is 71.1 Å². The molecule has 30 heavy (non-hydrogen) atoms. The summed E-state index contributed by atoms with van der Waals surface area (Å²) < 4.78 is 6.42. The van der Waals surface area contributed by atoms with E-state index in [2.05, 4.69) is 26.3 Å². The molecule has 1 unspecified atom stereocenters. The molecule has 0 radical (unpaired) electrons. The van der Waals surface area contributed by atoms with Crippen molar-refractivity contribution in [3.05, 3.63) is 87.8 Å². The molecule has 9 heteroatoms. The van der Waals surface area contributed by atoms with Crippen molar-refractivity contribution in [3.63, 3.8) is 0 Å². The van der Waals surface area contributed by atoms with Gasteiger partial charge in [-0.15, -0.1) is 0 Å². The zero-order valence-electron chi connectivity index (χ0n) is 15.4. The lowest BCUT2D eigenvalue weighted by Crippen LogP contribution is -2.27. The second kappa shape index (κ2) is 7.02. The number of pyridine rings is 2. The predicted octanol–water partition coefficient (Wildman–Crippen LogP) is 3.34. The van der Waals surface area contributed by atoms with Gasteiger partial charge in [0.1, 0.15) is 16.3 Å². The van der Waals surface area contributed by atoms with E-state index in [4.69, 9.17) is 10.5 Å². The van der Waals surface area contributed by atoms with Gasteiger partial charge in [-0.2, -0.15) is 5.26 Å². The molecule has 8 nitrogen and oxygen atoms in total. The molecule has 0 fully saturated rings. The second-order valence-electron chi connectivity index (χ2n) is 6.60. The Hall–Kier alpha value is -4.16. The highest BCUT2D eigenvalue weighted by atomic mass is 32.1. The molecule has 0 amide bonds. The molecule has 1 atom stereocenters. The SMILES string of the molecule is N#CC1=C(N)Oc2c(c(=O)[nH]c3nc(Nc4ccccc4)sc23)C1c1cccnc1. The quantitative estimate of drug-likeness (QED) is 0.469. The van der Waals surface area contributed by atoms with Gasteiger partial charge in [-0.05, 0) is 23.8 Å². The first-order valence-corrected chi connectivity index (χ1v) is 9.83. The summed E-state index contributed by atoms with van der Waals surface area (Å²) in [6, 6.07) is 15.2. The van der Waals surface area contributed by atoms with Crippen molar-refractivity contribution >= 4 is 32.5 Å². The average Bonchev–Trinajstić information content (AvgIpc) is 3.16. The van der Waals surface area contributed by atoms with E-state index in [-0.39, 0.29) is 17.0 Å². The van der Waals surface area contributed by atoms with E-state index in [0.29, 0.717) is 32.4 Å². The fraction of sp³-hybridized carbons (Fsp3) is 0.0476. The monoisotopic (exact) mass is 414 g/mol. The van der Waals surface area contributed by atoms with Crippen LogP contribution in [0.2, 0.25) is 0 Å². The van der Waals surface area contributed by atoms with Crippen molar-refractivity contribution in [2.24, 2.45) is 5.73 Å². The van der Waals surface area contributed by atoms with E-state index in [1.807, 2.05) is 30.3 Å². The Balaban J connectivity index is 1.70. The molecule has 5 rings (SSSR count). The Bertz CT molecular complexity index is 1390. The number of rotatable bonds is 3. The van der Waals surface area contributed by atoms with Crippen LogP contribution >= 0.6 is 11.3 Å². The molecule has 0 spiro atoms. The van der Waals surface area contributed by atoms with Crippen LogP contribution in [-0.2, 0) is 0 Å². The van der Waals surface area contributed by atoms with Crippen LogP contribution < -0.4 is 21.3 Å². The van der Waals surface area contributed by atoms with Crippen LogP contribution in [0.4, 0.5) is 10.8 Å². The van der Waals surface area contributed by atoms with Crippen LogP contribution in [-0.4, -0.2) is 15.0 Å². The van der Waals surface area contributed by atoms with E-state index in [1.165, 1.54) is 11.3 Å². The van der Waals surface area contributed by atoms with Gasteiger partial charge in [0.2, 0.25) is 5.88 Å². The minimum atomic E-state index is -0.673. The third kappa shape index (κ3) is 2.87. The Kier molecular flexibility index (Phi) is 4.19. The molecule has 1 aliphatic heterocycles. The molecular weight excluding hydrogens is 400 g/mol. The summed E-state index contributed by atoms with van der Waals surface area (Å²) in [5.74, 6) is -0.386. The number of anilines is 2. The van der Waals surface area contributed by atoms with Gasteiger partial charge in [0, 0.05) is 18.1 Å². The van der Waals surface area contributed by atoms with Crippen LogP contribution in [0.3, 0.4) is 0 Å². The standard InChI is InChI=1S/C21H14N6O2S/c22-9-13-14(11-5-4-8-24-10-11)15-16(29-18(13)23)17-19(26-20(15)28)27-21(30-17)25-12-6-2-1-3-7-12/h1-8,10,14H,23H2,(H2,25,26,27,28). The average molecular weight is 414 g/mol. The minimum absolute atomic E-state index is 0.0308. The molecule has 4 aromatic rings. The highest BCUT2D eigenvalue weighted by Crippen LogP contribution is 2.45. The van der Waals surface area contributed by atoms with E-state index >= 15 is 0 Å². The number of allylic oxidation sites excluding steroid dienone is 1. The van der Waals surface area contributed by atoms with E-state index in [0.717, 1.165) is 5.69 Å². The number of ether oxygens (including phenoxy) is 1. The van der Waals surface area contributed by atoms with Crippen molar-refractivity contribution in [2.75, 3.05) is 5.32 Å². The fourth-order valence-corrected chi connectivity index (χ4v) is 4.41. The summed E-state index contributed by atoms with van der Waals surface area (Å²) in [5.41, 5.74) is 8.11. The minimum Gasteiger partial charge on any atom is -0.438 e. The highest BCUT2D eigenvalue weighted by Gasteiger charge is 2.35. The summed E-state index contributed by atoms with van der Waals surface area (Å²) >= 11 is 1.33. The maximum atomic E-state index is 13.0. The van der Waals surface area contributed by atoms with Crippen LogP contribution in [0, 0.1) is 11.3 Å². The van der Waals surface area contributed by atoms with E-state index in [9.17, 15) is 10.1 Å². The maximum absolute atomic E-state index is 13.0. The van der Waals surface area contributed by atoms with Crippen LogP contribution in [0.1, 0.15) is 17.0 Å². The molecule has 4 heterocycles. The van der Waals surface area contributed by atoms with Crippen molar-refractivity contribution in [1.29, 1.82) is 5.26 Å². The van der Waals surface area contributed by atoms with Crippen molar-refractivity contribution < 1.29 is 4.74 Å². The first-order valence-electron chi connectivity index (χ1n) is 9.02. The first kappa shape index (κ1) is 17.9. The Morgan fingerprint density at radius 1 is 1.23 bits per heavy atom. The summed E-state index contributed by atoms with van der Waals surface area (Å²) in [7, 11) is 0. The lowest BCUT2D eigenvalue weighted by atomic mass is 9.85. The highest BCUT2D eigenvalue weighted by molar-refractivity contribution is 7.22. The zero-order chi connectivity index (χ0) is 20.7. The number of para-hydroxylation sites is 1. The predicted molar refractivity (Wildman–Crippen MR) is 113 cm³/mol. The number of aromatic amines is 1. The van der Waals surface area contributed by atoms with E-state index < -0.39 is 5.92 Å². The largest absolute Gasteiger partial charge is 0.438 e. The molecule has 0 bridgehead atoms. The Labute approximate surface area is 174 Å². The molecule has 3 aromatic heterocycles. The van der Waals surface area contributed by atoms with Gasteiger partial charge in [-0.25, -0.2) is 4.98 Å². The number of nitrogens with two attached hydrogens (primary N) is 1. The van der Waals surface area contributed by atoms with Gasteiger partial charge >= 0.3 is 0 Å². The van der Waals surface area contributed by atoms with Gasteiger partial charge in [-0.3, -0.25) is 9.78 Å². The van der Waals surface area contributed by atoms with Gasteiger partial charge in [-0.1, -0.05) is 35.6 Å². The fourth-order valence-electron chi connectivity index (χ4n) is 3.47. The van der Waals surface area contributed by atoms with Gasteiger partial charge in [0.15, 0.2) is 16.5 Å². The zero-order valence-corrected chi connectivity index (χ0v) is 16.2. The lowest BCUT2D eigenvalue weighted by Gasteiger charge is -2.25. The number of fused-ring (bicyclic) bond motifs is 3. The molecule has 0 saturated carbocycles. The molecule has 146 valence electrons. The number of nitrogens with one attached hydrogen (secondary N) is 2. The number of aromatic nitrogens is 3. The lowest BCUT2D eigenvalue weighted by molar-refractivity contribution is 0.397. The number of hydrogen-bond donors (Lipinski definition) is 3. The molecular formula is C21H14N6O2S. The third-order valence-corrected chi connectivity index (χ3v) is 5.74. The number of H-pyrrole nitrogens is 1. The number of nitriles is 1. The number of thiazole rings is 1. The first-order chi connectivity index (χ1) is 14.7. The number of benzene rings is 1. The van der Waals surface area contributed by atoms with Crippen molar-refractivity contribution in [3.8, 4) is 11.8 Å². The Morgan fingerprint density at radius 3 is 2.80 bits per heavy atom. The molecule has 4 N–H and O–H groups in total. The van der Waals surface area contributed by atoms with Crippen LogP contribution in [0.25, 0.3) is 10.3 Å².